The predicted octanol–water partition coefficient (Wildman–Crippen LogP) is 1.82. The number of nitrogens with one attached hydrogen (secondary N) is 2. The minimum atomic E-state index is -4.37. The van der Waals surface area contributed by atoms with Gasteiger partial charge in [-0.25, -0.2) is 10.4 Å². The molecule has 1 aliphatic heterocycles. The molecule has 1 fully saturated rings. The monoisotopic (exact) mass is 281 g/mol. The smallest absolute Gasteiger partial charge is 0.346 e. The highest BCUT2D eigenvalue weighted by Gasteiger charge is 2.30. The van der Waals surface area contributed by atoms with E-state index in [0.29, 0.717) is 0 Å². The van der Waals surface area contributed by atoms with Crippen LogP contribution in [0, 0.1) is 0 Å². The van der Waals surface area contributed by atoms with Crippen molar-refractivity contribution >= 4 is 5.91 Å². The van der Waals surface area contributed by atoms with Crippen LogP contribution in [0.2, 0.25) is 0 Å². The first-order chi connectivity index (χ1) is 8.70. The quantitative estimate of drug-likeness (QED) is 0.826. The van der Waals surface area contributed by atoms with E-state index in [-0.39, 0.29) is 12.1 Å². The van der Waals surface area contributed by atoms with Gasteiger partial charge in [-0.15, -0.1) is 0 Å². The van der Waals surface area contributed by atoms with Gasteiger partial charge < -0.3 is 5.32 Å². The first-order valence-corrected chi connectivity index (χ1v) is 6.59. The Morgan fingerprint density at radius 3 is 2.32 bits per heavy atom. The minimum absolute atomic E-state index is 0.279. The van der Waals surface area contributed by atoms with Gasteiger partial charge in [-0.2, -0.15) is 13.2 Å². The SMILES string of the molecule is CC(NN1C(C)CCCC1C)C(=O)NCC(F)(F)F. The van der Waals surface area contributed by atoms with Crippen LogP contribution < -0.4 is 10.7 Å². The van der Waals surface area contributed by atoms with Crippen molar-refractivity contribution in [3.63, 3.8) is 0 Å². The Labute approximate surface area is 111 Å². The second kappa shape index (κ2) is 6.56. The number of rotatable bonds is 4. The number of hydrazine groups is 1. The molecule has 0 spiro atoms. The Hall–Kier alpha value is -0.820. The second-order valence-electron chi connectivity index (χ2n) is 5.22. The number of hydrogen-bond acceptors (Lipinski definition) is 3. The summed E-state index contributed by atoms with van der Waals surface area (Å²) >= 11 is 0. The number of hydrogen-bond donors (Lipinski definition) is 2. The average Bonchev–Trinajstić information content (AvgIpc) is 2.29. The third-order valence-corrected chi connectivity index (χ3v) is 3.39. The number of halogens is 3. The van der Waals surface area contributed by atoms with Gasteiger partial charge in [0.25, 0.3) is 0 Å². The summed E-state index contributed by atoms with van der Waals surface area (Å²) in [4.78, 5) is 11.6. The maximum absolute atomic E-state index is 12.0. The molecule has 0 aromatic heterocycles. The summed E-state index contributed by atoms with van der Waals surface area (Å²) in [6, 6.07) is -0.117. The van der Waals surface area contributed by atoms with Crippen molar-refractivity contribution in [2.75, 3.05) is 6.54 Å². The molecule has 1 saturated heterocycles. The van der Waals surface area contributed by atoms with Crippen LogP contribution in [-0.4, -0.2) is 41.8 Å². The Morgan fingerprint density at radius 2 is 1.84 bits per heavy atom. The molecule has 1 amide bonds. The lowest BCUT2D eigenvalue weighted by Gasteiger charge is -2.40. The molecule has 1 aliphatic rings. The van der Waals surface area contributed by atoms with E-state index in [9.17, 15) is 18.0 Å². The minimum Gasteiger partial charge on any atom is -0.346 e. The molecule has 1 heterocycles. The maximum atomic E-state index is 12.0. The fourth-order valence-electron chi connectivity index (χ4n) is 2.30. The normalized spacial score (nSPS) is 27.1. The van der Waals surface area contributed by atoms with Gasteiger partial charge in [0.1, 0.15) is 6.54 Å². The molecule has 0 aromatic rings. The second-order valence-corrected chi connectivity index (χ2v) is 5.22. The Morgan fingerprint density at radius 1 is 1.32 bits per heavy atom. The van der Waals surface area contributed by atoms with Crippen molar-refractivity contribution in [3.05, 3.63) is 0 Å². The molecule has 0 aliphatic carbocycles. The summed E-state index contributed by atoms with van der Waals surface area (Å²) in [5, 5.41) is 3.86. The largest absolute Gasteiger partial charge is 0.405 e. The van der Waals surface area contributed by atoms with Gasteiger partial charge >= 0.3 is 6.18 Å². The van der Waals surface area contributed by atoms with Crippen molar-refractivity contribution in [3.8, 4) is 0 Å². The first kappa shape index (κ1) is 16.2. The van der Waals surface area contributed by atoms with E-state index in [4.69, 9.17) is 0 Å². The third-order valence-electron chi connectivity index (χ3n) is 3.39. The van der Waals surface area contributed by atoms with E-state index in [1.807, 2.05) is 24.2 Å². The highest BCUT2D eigenvalue weighted by atomic mass is 19.4. The van der Waals surface area contributed by atoms with E-state index in [0.717, 1.165) is 19.3 Å². The lowest BCUT2D eigenvalue weighted by Crippen LogP contribution is -2.58. The number of nitrogens with zero attached hydrogens (tertiary/aromatic N) is 1. The molecule has 7 heteroatoms. The third kappa shape index (κ3) is 5.36. The van der Waals surface area contributed by atoms with E-state index < -0.39 is 24.7 Å². The van der Waals surface area contributed by atoms with Gasteiger partial charge in [-0.05, 0) is 33.6 Å². The summed E-state index contributed by atoms with van der Waals surface area (Å²) in [5.41, 5.74) is 3.01. The average molecular weight is 281 g/mol. The molecule has 0 aromatic carbocycles. The fourth-order valence-corrected chi connectivity index (χ4v) is 2.30. The van der Waals surface area contributed by atoms with Crippen LogP contribution in [-0.2, 0) is 4.79 Å². The Bertz CT molecular complexity index is 299. The Balaban J connectivity index is 2.44. The summed E-state index contributed by atoms with van der Waals surface area (Å²) in [5.74, 6) is -0.637. The predicted molar refractivity (Wildman–Crippen MR) is 66.3 cm³/mol. The van der Waals surface area contributed by atoms with Crippen LogP contribution in [0.4, 0.5) is 13.2 Å². The molecule has 0 radical (unpaired) electrons. The standard InChI is InChI=1S/C12H22F3N3O/c1-8-5-4-6-9(2)18(8)17-10(3)11(19)16-7-12(13,14)15/h8-10,17H,4-7H2,1-3H3,(H,16,19). The molecule has 0 saturated carbocycles. The molecule has 1 rings (SSSR count). The molecule has 3 unspecified atom stereocenters. The van der Waals surface area contributed by atoms with Crippen molar-refractivity contribution in [2.45, 2.75) is 64.3 Å². The van der Waals surface area contributed by atoms with Gasteiger partial charge in [-0.1, -0.05) is 6.42 Å². The van der Waals surface area contributed by atoms with Crippen LogP contribution in [0.25, 0.3) is 0 Å². The van der Waals surface area contributed by atoms with E-state index in [2.05, 4.69) is 5.43 Å². The zero-order chi connectivity index (χ0) is 14.6. The van der Waals surface area contributed by atoms with Crippen molar-refractivity contribution in [2.24, 2.45) is 0 Å². The van der Waals surface area contributed by atoms with Crippen LogP contribution in [0.1, 0.15) is 40.0 Å². The topological polar surface area (TPSA) is 44.4 Å². The Kier molecular flexibility index (Phi) is 5.61. The summed E-state index contributed by atoms with van der Waals surface area (Å²) < 4.78 is 36.0. The van der Waals surface area contributed by atoms with Crippen molar-refractivity contribution < 1.29 is 18.0 Å². The number of piperidine rings is 1. The molecular formula is C12H22F3N3O. The summed E-state index contributed by atoms with van der Waals surface area (Å²) in [6.07, 6.45) is -1.20. The molecule has 19 heavy (non-hydrogen) atoms. The number of carbonyl (C=O) groups is 1. The highest BCUT2D eigenvalue weighted by Crippen LogP contribution is 2.20. The molecule has 2 N–H and O–H groups in total. The molecule has 112 valence electrons. The lowest BCUT2D eigenvalue weighted by atomic mass is 10.00. The lowest BCUT2D eigenvalue weighted by molar-refractivity contribution is -0.140. The van der Waals surface area contributed by atoms with E-state index in [1.54, 1.807) is 6.92 Å². The zero-order valence-electron chi connectivity index (χ0n) is 11.5. The maximum Gasteiger partial charge on any atom is 0.405 e. The van der Waals surface area contributed by atoms with Gasteiger partial charge in [0.2, 0.25) is 5.91 Å². The van der Waals surface area contributed by atoms with Crippen molar-refractivity contribution in [1.82, 2.24) is 15.8 Å². The molecular weight excluding hydrogens is 259 g/mol. The van der Waals surface area contributed by atoms with Gasteiger partial charge in [0.05, 0.1) is 6.04 Å². The molecule has 0 bridgehead atoms. The van der Waals surface area contributed by atoms with Crippen LogP contribution in [0.5, 0.6) is 0 Å². The van der Waals surface area contributed by atoms with Crippen LogP contribution >= 0.6 is 0 Å². The van der Waals surface area contributed by atoms with Gasteiger partial charge in [-0.3, -0.25) is 4.79 Å². The van der Waals surface area contributed by atoms with Crippen molar-refractivity contribution in [1.29, 1.82) is 0 Å². The van der Waals surface area contributed by atoms with Gasteiger partial charge in [0, 0.05) is 12.1 Å². The molecule has 4 nitrogen and oxygen atoms in total. The van der Waals surface area contributed by atoms with E-state index >= 15 is 0 Å². The number of amides is 1. The van der Waals surface area contributed by atoms with Gasteiger partial charge in [0.15, 0.2) is 0 Å². The number of carbonyl (C=O) groups excluding carboxylic acids is 1. The van der Waals surface area contributed by atoms with Crippen LogP contribution in [0.3, 0.4) is 0 Å². The highest BCUT2D eigenvalue weighted by molar-refractivity contribution is 5.81. The molecule has 3 atom stereocenters. The summed E-state index contributed by atoms with van der Waals surface area (Å²) in [7, 11) is 0. The fraction of sp³-hybridized carbons (Fsp3) is 0.917. The summed E-state index contributed by atoms with van der Waals surface area (Å²) in [6.45, 7) is 4.37. The van der Waals surface area contributed by atoms with Crippen LogP contribution in [0.15, 0.2) is 0 Å². The first-order valence-electron chi connectivity index (χ1n) is 6.59. The van der Waals surface area contributed by atoms with E-state index in [1.165, 1.54) is 0 Å². The zero-order valence-corrected chi connectivity index (χ0v) is 11.5. The number of alkyl halides is 3.